The molecule has 3 unspecified atom stereocenters. The molecule has 1 aromatic heterocycles. The zero-order chi connectivity index (χ0) is 22.3. The van der Waals surface area contributed by atoms with Gasteiger partial charge in [0.1, 0.15) is 17.4 Å². The van der Waals surface area contributed by atoms with Gasteiger partial charge < -0.3 is 14.7 Å². The Balaban J connectivity index is 1.74. The number of rotatable bonds is 5. The first-order chi connectivity index (χ1) is 13.9. The van der Waals surface area contributed by atoms with E-state index < -0.39 is 22.9 Å². The molecule has 8 nitrogen and oxygen atoms in total. The average Bonchev–Trinajstić information content (AvgIpc) is 3.24. The van der Waals surface area contributed by atoms with Crippen molar-refractivity contribution in [2.75, 3.05) is 20.3 Å². The van der Waals surface area contributed by atoms with Gasteiger partial charge in [0.15, 0.2) is 6.10 Å². The van der Waals surface area contributed by atoms with Crippen LogP contribution in [0, 0.1) is 5.21 Å². The number of hydroxylamine groups is 2. The third kappa shape index (κ3) is 4.87. The summed E-state index contributed by atoms with van der Waals surface area (Å²) in [5.74, 6) is -0.278. The molecule has 1 aliphatic heterocycles. The summed E-state index contributed by atoms with van der Waals surface area (Å²) >= 11 is 13.1. The van der Waals surface area contributed by atoms with Crippen LogP contribution in [0.2, 0.25) is 10.0 Å². The van der Waals surface area contributed by atoms with Crippen molar-refractivity contribution in [1.82, 2.24) is 19.7 Å². The van der Waals surface area contributed by atoms with E-state index in [4.69, 9.17) is 32.7 Å². The fraction of sp³-hybridized carbons (Fsp3) is 0.526. The Morgan fingerprint density at radius 3 is 2.63 bits per heavy atom. The Morgan fingerprint density at radius 2 is 2.03 bits per heavy atom. The van der Waals surface area contributed by atoms with Crippen LogP contribution in [-0.4, -0.2) is 53.7 Å². The molecule has 0 radical (unpaired) electrons. The molecule has 30 heavy (non-hydrogen) atoms. The zero-order valence-electron chi connectivity index (χ0n) is 17.4. The van der Waals surface area contributed by atoms with Crippen molar-refractivity contribution < 1.29 is 14.3 Å². The highest BCUT2D eigenvalue weighted by Crippen LogP contribution is 2.37. The second-order valence-electron chi connectivity index (χ2n) is 8.34. The maximum Gasteiger partial charge on any atom is 0.351 e. The molecule has 0 N–H and O–H groups in total. The number of nitrogens with zero attached hydrogens (tertiary/aromatic N) is 4. The van der Waals surface area contributed by atoms with E-state index in [1.54, 1.807) is 31.0 Å². The predicted molar refractivity (Wildman–Crippen MR) is 118 cm³/mol. The first-order valence-corrected chi connectivity index (χ1v) is 10.9. The second kappa shape index (κ2) is 8.57. The SMILES string of the molecule is CC(Oc1ccc(Cl)c(Cl)c1)C(=O)OC1CN(C)C[N+]1([O-])c1nnc(C(C)(C)C)s1. The van der Waals surface area contributed by atoms with Crippen molar-refractivity contribution in [3.8, 4) is 5.75 Å². The van der Waals surface area contributed by atoms with E-state index in [-0.39, 0.29) is 23.8 Å². The molecule has 0 aliphatic carbocycles. The van der Waals surface area contributed by atoms with Gasteiger partial charge in [0, 0.05) is 11.5 Å². The van der Waals surface area contributed by atoms with E-state index in [0.717, 1.165) is 5.01 Å². The highest BCUT2D eigenvalue weighted by atomic mass is 35.5. The molecule has 0 amide bonds. The molecular weight excluding hydrogens is 451 g/mol. The van der Waals surface area contributed by atoms with E-state index in [1.807, 2.05) is 20.8 Å². The fourth-order valence-corrected chi connectivity index (χ4v) is 4.18. The van der Waals surface area contributed by atoms with Gasteiger partial charge in [-0.2, -0.15) is 0 Å². The summed E-state index contributed by atoms with van der Waals surface area (Å²) in [5, 5.41) is 23.6. The largest absolute Gasteiger partial charge is 0.622 e. The van der Waals surface area contributed by atoms with Crippen LogP contribution in [0.1, 0.15) is 32.7 Å². The van der Waals surface area contributed by atoms with Gasteiger partial charge >= 0.3 is 11.1 Å². The Hall–Kier alpha value is -1.49. The number of halogens is 2. The number of carbonyl (C=O) groups excluding carboxylic acids is 1. The first kappa shape index (κ1) is 23.2. The van der Waals surface area contributed by atoms with E-state index in [0.29, 0.717) is 15.8 Å². The highest BCUT2D eigenvalue weighted by Gasteiger charge is 2.46. The molecule has 1 aliphatic rings. The number of quaternary nitrogens is 1. The van der Waals surface area contributed by atoms with Gasteiger partial charge in [-0.05, 0) is 37.4 Å². The number of aromatic nitrogens is 2. The van der Waals surface area contributed by atoms with Crippen molar-refractivity contribution in [2.45, 2.75) is 45.4 Å². The summed E-state index contributed by atoms with van der Waals surface area (Å²) in [6.07, 6.45) is -1.91. The van der Waals surface area contributed by atoms with Crippen LogP contribution in [0.3, 0.4) is 0 Å². The molecular formula is C19H24Cl2N4O4S. The van der Waals surface area contributed by atoms with Gasteiger partial charge in [0.25, 0.3) is 6.23 Å². The molecule has 164 valence electrons. The molecule has 11 heteroatoms. The van der Waals surface area contributed by atoms with Crippen LogP contribution < -0.4 is 9.38 Å². The minimum absolute atomic E-state index is 0.110. The van der Waals surface area contributed by atoms with Gasteiger partial charge in [-0.1, -0.05) is 49.1 Å². The smallest absolute Gasteiger partial charge is 0.351 e. The predicted octanol–water partition coefficient (Wildman–Crippen LogP) is 4.19. The molecule has 3 atom stereocenters. The minimum atomic E-state index is -0.969. The minimum Gasteiger partial charge on any atom is -0.622 e. The normalized spacial score (nSPS) is 23.4. The van der Waals surface area contributed by atoms with Crippen LogP contribution in [0.5, 0.6) is 5.75 Å². The van der Waals surface area contributed by atoms with Crippen LogP contribution in [0.15, 0.2) is 18.2 Å². The van der Waals surface area contributed by atoms with Gasteiger partial charge in [-0.15, -0.1) is 5.10 Å². The number of ether oxygens (including phenoxy) is 2. The Labute approximate surface area is 189 Å². The van der Waals surface area contributed by atoms with Gasteiger partial charge in [0.2, 0.25) is 0 Å². The highest BCUT2D eigenvalue weighted by molar-refractivity contribution is 7.15. The van der Waals surface area contributed by atoms with E-state index in [1.165, 1.54) is 17.4 Å². The van der Waals surface area contributed by atoms with Crippen molar-refractivity contribution in [2.24, 2.45) is 0 Å². The summed E-state index contributed by atoms with van der Waals surface area (Å²) in [5.41, 5.74) is -0.227. The summed E-state index contributed by atoms with van der Waals surface area (Å²) in [6, 6.07) is 4.69. The Bertz CT molecular complexity index is 935. The maximum atomic E-state index is 13.6. The van der Waals surface area contributed by atoms with Gasteiger partial charge in [0.05, 0.1) is 16.6 Å². The topological polar surface area (TPSA) is 87.6 Å². The summed E-state index contributed by atoms with van der Waals surface area (Å²) in [4.78, 5) is 14.4. The summed E-state index contributed by atoms with van der Waals surface area (Å²) in [7, 11) is 1.79. The molecule has 1 fully saturated rings. The molecule has 2 heterocycles. The zero-order valence-corrected chi connectivity index (χ0v) is 19.7. The first-order valence-electron chi connectivity index (χ1n) is 9.34. The number of hydrogen-bond donors (Lipinski definition) is 0. The lowest BCUT2D eigenvalue weighted by Crippen LogP contribution is -2.51. The maximum absolute atomic E-state index is 13.6. The van der Waals surface area contributed by atoms with Crippen LogP contribution >= 0.6 is 34.5 Å². The second-order valence-corrected chi connectivity index (χ2v) is 10.1. The molecule has 0 bridgehead atoms. The number of benzene rings is 1. The summed E-state index contributed by atoms with van der Waals surface area (Å²) < 4.78 is 10.3. The van der Waals surface area contributed by atoms with Crippen molar-refractivity contribution in [3.63, 3.8) is 0 Å². The molecule has 0 saturated carbocycles. The Morgan fingerprint density at radius 1 is 1.33 bits per heavy atom. The van der Waals surface area contributed by atoms with Crippen LogP contribution in [0.25, 0.3) is 0 Å². The third-order valence-electron chi connectivity index (χ3n) is 4.55. The molecule has 2 aromatic rings. The standard InChI is InChI=1S/C19H24Cl2N4O4S/c1-11(28-12-6-7-13(20)14(21)8-12)16(26)29-15-9-24(5)10-25(15,27)18-23-22-17(30-18)19(2,3)4/h6-8,11,15H,9-10H2,1-5H3. The van der Waals surface area contributed by atoms with Crippen molar-refractivity contribution in [3.05, 3.63) is 38.5 Å². The van der Waals surface area contributed by atoms with Gasteiger partial charge in [-0.25, -0.2) is 9.69 Å². The lowest BCUT2D eigenvalue weighted by atomic mass is 9.98. The monoisotopic (exact) mass is 474 g/mol. The molecule has 3 rings (SSSR count). The van der Waals surface area contributed by atoms with E-state index in [2.05, 4.69) is 10.2 Å². The molecule has 1 aromatic carbocycles. The molecule has 0 spiro atoms. The lowest BCUT2D eigenvalue weighted by Gasteiger charge is -2.38. The summed E-state index contributed by atoms with van der Waals surface area (Å²) in [6.45, 7) is 7.94. The number of hydrogen-bond acceptors (Lipinski definition) is 8. The number of esters is 1. The Kier molecular flexibility index (Phi) is 6.62. The fourth-order valence-electron chi connectivity index (χ4n) is 2.92. The molecule has 1 saturated heterocycles. The van der Waals surface area contributed by atoms with E-state index in [9.17, 15) is 10.0 Å². The number of likely N-dealkylation sites (N-methyl/N-ethyl adjacent to an activating group) is 1. The number of carbonyl (C=O) groups is 1. The quantitative estimate of drug-likeness (QED) is 0.364. The van der Waals surface area contributed by atoms with Gasteiger partial charge in [-0.3, -0.25) is 4.65 Å². The van der Waals surface area contributed by atoms with Crippen molar-refractivity contribution >= 4 is 45.6 Å². The van der Waals surface area contributed by atoms with Crippen LogP contribution in [0.4, 0.5) is 5.13 Å². The lowest BCUT2D eigenvalue weighted by molar-refractivity contribution is -0.161. The average molecular weight is 475 g/mol. The third-order valence-corrected chi connectivity index (χ3v) is 6.75. The van der Waals surface area contributed by atoms with Crippen molar-refractivity contribution in [1.29, 1.82) is 0 Å². The van der Waals surface area contributed by atoms with Crippen LogP contribution in [-0.2, 0) is 14.9 Å². The van der Waals surface area contributed by atoms with E-state index >= 15 is 0 Å².